The zero-order chi connectivity index (χ0) is 29.1. The molecule has 41 heavy (non-hydrogen) atoms. The minimum atomic E-state index is -4.58. The van der Waals surface area contributed by atoms with Crippen LogP contribution in [0.2, 0.25) is 0 Å². The number of halogens is 4. The van der Waals surface area contributed by atoms with Crippen molar-refractivity contribution in [2.45, 2.75) is 51.5 Å². The van der Waals surface area contributed by atoms with Crippen molar-refractivity contribution in [3.05, 3.63) is 77.0 Å². The zero-order valence-electron chi connectivity index (χ0n) is 22.4. The quantitative estimate of drug-likeness (QED) is 0.334. The summed E-state index contributed by atoms with van der Waals surface area (Å²) in [6.45, 7) is 2.22. The Labute approximate surface area is 234 Å². The summed E-state index contributed by atoms with van der Waals surface area (Å²) in [6.07, 6.45) is -2.08. The molecule has 0 bridgehead atoms. The van der Waals surface area contributed by atoms with Crippen molar-refractivity contribution in [1.29, 1.82) is 0 Å². The van der Waals surface area contributed by atoms with Crippen LogP contribution in [0.1, 0.15) is 42.0 Å². The van der Waals surface area contributed by atoms with E-state index >= 15 is 0 Å². The second kappa shape index (κ2) is 11.9. The van der Waals surface area contributed by atoms with Crippen molar-refractivity contribution in [3.63, 3.8) is 0 Å². The van der Waals surface area contributed by atoms with Gasteiger partial charge >= 0.3 is 6.18 Å². The standard InChI is InChI=1S/C30H30F4N4O3/c1-18(39)36-28-15-27(6-8-35-28)41-26-5-4-20-2-3-21(12-22(20)13-26)29(40)37-25-11-19(10-23(14-25)30(32,33)34)16-38-9-7-24(31)17-38/h4-6,8,10-11,13-15,21,24H,2-3,7,9,12,16-17H2,1H3,(H,37,40)(H,35,36,39)/t21?,24-/m1/s1. The highest BCUT2D eigenvalue weighted by molar-refractivity contribution is 5.93. The van der Waals surface area contributed by atoms with Gasteiger partial charge in [-0.15, -0.1) is 0 Å². The maximum atomic E-state index is 13.6. The number of nitrogens with zero attached hydrogens (tertiary/aromatic N) is 2. The number of anilines is 2. The average molecular weight is 571 g/mol. The highest BCUT2D eigenvalue weighted by Gasteiger charge is 2.32. The lowest BCUT2D eigenvalue weighted by molar-refractivity contribution is -0.137. The number of benzene rings is 2. The number of nitrogens with one attached hydrogen (secondary N) is 2. The molecule has 2 heterocycles. The molecule has 0 spiro atoms. The minimum absolute atomic E-state index is 0.0753. The van der Waals surface area contributed by atoms with Crippen molar-refractivity contribution < 1.29 is 31.9 Å². The highest BCUT2D eigenvalue weighted by Crippen LogP contribution is 2.34. The second-order valence-corrected chi connectivity index (χ2v) is 10.6. The van der Waals surface area contributed by atoms with Crippen LogP contribution >= 0.6 is 0 Å². The van der Waals surface area contributed by atoms with Crippen molar-refractivity contribution in [2.75, 3.05) is 23.7 Å². The predicted molar refractivity (Wildman–Crippen MR) is 145 cm³/mol. The van der Waals surface area contributed by atoms with Crippen LogP contribution in [0.25, 0.3) is 0 Å². The molecule has 2 atom stereocenters. The van der Waals surface area contributed by atoms with E-state index in [1.807, 2.05) is 18.2 Å². The fourth-order valence-corrected chi connectivity index (χ4v) is 5.33. The molecular formula is C30H30F4N4O3. The first kappa shape index (κ1) is 28.5. The van der Waals surface area contributed by atoms with E-state index < -0.39 is 23.8 Å². The molecule has 11 heteroatoms. The number of rotatable bonds is 7. The van der Waals surface area contributed by atoms with E-state index in [0.717, 1.165) is 23.3 Å². The van der Waals surface area contributed by atoms with Gasteiger partial charge in [0.15, 0.2) is 0 Å². The number of ether oxygens (including phenoxy) is 1. The molecule has 7 nitrogen and oxygen atoms in total. The van der Waals surface area contributed by atoms with Crippen LogP contribution in [-0.2, 0) is 35.2 Å². The third-order valence-corrected chi connectivity index (χ3v) is 7.26. The number of aromatic nitrogens is 1. The average Bonchev–Trinajstić information content (AvgIpc) is 3.31. The molecule has 0 saturated carbocycles. The molecule has 1 aliphatic heterocycles. The Hall–Kier alpha value is -3.99. The van der Waals surface area contributed by atoms with Crippen molar-refractivity contribution in [3.8, 4) is 11.5 Å². The number of pyridine rings is 1. The monoisotopic (exact) mass is 570 g/mol. The summed E-state index contributed by atoms with van der Waals surface area (Å²) < 4.78 is 60.4. The lowest BCUT2D eigenvalue weighted by Crippen LogP contribution is -2.28. The number of hydrogen-bond acceptors (Lipinski definition) is 5. The molecule has 0 radical (unpaired) electrons. The molecular weight excluding hydrogens is 540 g/mol. The van der Waals surface area contributed by atoms with Gasteiger partial charge < -0.3 is 15.4 Å². The normalized spacial score (nSPS) is 19.0. The fourth-order valence-electron chi connectivity index (χ4n) is 5.33. The maximum absolute atomic E-state index is 13.6. The van der Waals surface area contributed by atoms with Gasteiger partial charge in [-0.1, -0.05) is 6.07 Å². The van der Waals surface area contributed by atoms with Crippen LogP contribution in [0.5, 0.6) is 11.5 Å². The summed E-state index contributed by atoms with van der Waals surface area (Å²) in [7, 11) is 0. The zero-order valence-corrected chi connectivity index (χ0v) is 22.4. The molecule has 2 aliphatic rings. The summed E-state index contributed by atoms with van der Waals surface area (Å²) in [5, 5.41) is 5.30. The number of fused-ring (bicyclic) bond motifs is 1. The van der Waals surface area contributed by atoms with E-state index in [2.05, 4.69) is 15.6 Å². The minimum Gasteiger partial charge on any atom is -0.457 e. The van der Waals surface area contributed by atoms with Gasteiger partial charge in [-0.25, -0.2) is 9.37 Å². The van der Waals surface area contributed by atoms with E-state index in [4.69, 9.17) is 4.74 Å². The summed E-state index contributed by atoms with van der Waals surface area (Å²) >= 11 is 0. The van der Waals surface area contributed by atoms with E-state index in [1.54, 1.807) is 17.0 Å². The van der Waals surface area contributed by atoms with Gasteiger partial charge in [-0.2, -0.15) is 13.2 Å². The first-order chi connectivity index (χ1) is 19.5. The molecule has 1 unspecified atom stereocenters. The Balaban J connectivity index is 1.28. The van der Waals surface area contributed by atoms with Gasteiger partial charge in [0.05, 0.1) is 5.56 Å². The van der Waals surface area contributed by atoms with Gasteiger partial charge in [-0.05, 0) is 78.8 Å². The largest absolute Gasteiger partial charge is 0.457 e. The van der Waals surface area contributed by atoms with Crippen molar-refractivity contribution in [2.24, 2.45) is 5.92 Å². The Bertz CT molecular complexity index is 1450. The van der Waals surface area contributed by atoms with Crippen molar-refractivity contribution in [1.82, 2.24) is 9.88 Å². The molecule has 3 aromatic rings. The fraction of sp³-hybridized carbons (Fsp3) is 0.367. The Morgan fingerprint density at radius 3 is 2.56 bits per heavy atom. The third-order valence-electron chi connectivity index (χ3n) is 7.26. The first-order valence-electron chi connectivity index (χ1n) is 13.4. The molecule has 216 valence electrons. The van der Waals surface area contributed by atoms with Crippen LogP contribution < -0.4 is 15.4 Å². The van der Waals surface area contributed by atoms with E-state index in [1.165, 1.54) is 19.2 Å². The molecule has 2 amide bonds. The van der Waals surface area contributed by atoms with Gasteiger partial charge in [0.2, 0.25) is 11.8 Å². The third kappa shape index (κ3) is 7.40. The Morgan fingerprint density at radius 1 is 1.02 bits per heavy atom. The van der Waals surface area contributed by atoms with Gasteiger partial charge in [-0.3, -0.25) is 14.5 Å². The van der Waals surface area contributed by atoms with Crippen LogP contribution in [0, 0.1) is 5.92 Å². The Morgan fingerprint density at radius 2 is 1.83 bits per heavy atom. The van der Waals surface area contributed by atoms with E-state index in [9.17, 15) is 27.2 Å². The molecule has 2 aromatic carbocycles. The molecule has 1 aliphatic carbocycles. The highest BCUT2D eigenvalue weighted by atomic mass is 19.4. The molecule has 2 N–H and O–H groups in total. The smallest absolute Gasteiger partial charge is 0.416 e. The molecule has 1 fully saturated rings. The summed E-state index contributed by atoms with van der Waals surface area (Å²) in [4.78, 5) is 30.4. The Kier molecular flexibility index (Phi) is 8.25. The molecule has 1 aromatic heterocycles. The number of carbonyl (C=O) groups is 2. The lowest BCUT2D eigenvalue weighted by atomic mass is 9.83. The lowest BCUT2D eigenvalue weighted by Gasteiger charge is -2.25. The maximum Gasteiger partial charge on any atom is 0.416 e. The summed E-state index contributed by atoms with van der Waals surface area (Å²) in [5.41, 5.74) is 1.59. The summed E-state index contributed by atoms with van der Waals surface area (Å²) in [5.74, 6) is 0.334. The van der Waals surface area contributed by atoms with E-state index in [-0.39, 0.29) is 30.6 Å². The second-order valence-electron chi connectivity index (χ2n) is 10.6. The number of likely N-dealkylation sites (tertiary alicyclic amines) is 1. The number of amides is 2. The molecule has 5 rings (SSSR count). The van der Waals surface area contributed by atoms with Crippen LogP contribution in [0.15, 0.2) is 54.7 Å². The van der Waals surface area contributed by atoms with E-state index in [0.29, 0.717) is 55.1 Å². The predicted octanol–water partition coefficient (Wildman–Crippen LogP) is 6.14. The van der Waals surface area contributed by atoms with Crippen LogP contribution in [0.4, 0.5) is 29.1 Å². The SMILES string of the molecule is CC(=O)Nc1cc(Oc2ccc3c(c2)CC(C(=O)Nc2cc(CN4CC[C@@H](F)C4)cc(C(F)(F)F)c2)CC3)ccn1. The van der Waals surface area contributed by atoms with Crippen LogP contribution in [-0.4, -0.2) is 41.0 Å². The number of hydrogen-bond donors (Lipinski definition) is 2. The number of carbonyl (C=O) groups excluding carboxylic acids is 2. The topological polar surface area (TPSA) is 83.6 Å². The van der Waals surface area contributed by atoms with Gasteiger partial charge in [0.25, 0.3) is 0 Å². The van der Waals surface area contributed by atoms with Gasteiger partial charge in [0, 0.05) is 50.4 Å². The van der Waals surface area contributed by atoms with Crippen molar-refractivity contribution >= 4 is 23.3 Å². The van der Waals surface area contributed by atoms with Gasteiger partial charge in [0.1, 0.15) is 23.5 Å². The number of alkyl halides is 4. The first-order valence-corrected chi connectivity index (χ1v) is 13.4. The molecule has 1 saturated heterocycles. The number of aryl methyl sites for hydroxylation is 1. The summed E-state index contributed by atoms with van der Waals surface area (Å²) in [6, 6.07) is 12.4. The van der Waals surface area contributed by atoms with Crippen LogP contribution in [0.3, 0.4) is 0 Å².